The van der Waals surface area contributed by atoms with Gasteiger partial charge in [0.05, 0.1) is 0 Å². The average Bonchev–Trinajstić information content (AvgIpc) is 2.93. The summed E-state index contributed by atoms with van der Waals surface area (Å²) in [4.78, 5) is 0. The highest BCUT2D eigenvalue weighted by molar-refractivity contribution is 4.91. The molecule has 1 atom stereocenters. The van der Waals surface area contributed by atoms with Crippen molar-refractivity contribution in [3.63, 3.8) is 0 Å². The summed E-state index contributed by atoms with van der Waals surface area (Å²) in [5.74, 6) is 3.02. The molecule has 76 valence electrons. The quantitative estimate of drug-likeness (QED) is 0.706. The van der Waals surface area contributed by atoms with Crippen molar-refractivity contribution >= 4 is 0 Å². The lowest BCUT2D eigenvalue weighted by Crippen LogP contribution is -2.37. The van der Waals surface area contributed by atoms with Gasteiger partial charge in [-0.25, -0.2) is 0 Å². The molecule has 2 fully saturated rings. The molecular formula is C12H23N. The molecule has 0 amide bonds. The van der Waals surface area contributed by atoms with Crippen LogP contribution in [0.15, 0.2) is 0 Å². The van der Waals surface area contributed by atoms with E-state index in [4.69, 9.17) is 0 Å². The van der Waals surface area contributed by atoms with Crippen LogP contribution in [0.25, 0.3) is 0 Å². The van der Waals surface area contributed by atoms with Crippen LogP contribution in [0.5, 0.6) is 0 Å². The Morgan fingerprint density at radius 3 is 1.77 bits per heavy atom. The normalized spacial score (nSPS) is 37.4. The highest BCUT2D eigenvalue weighted by Crippen LogP contribution is 2.41. The molecule has 0 aromatic rings. The van der Waals surface area contributed by atoms with Gasteiger partial charge in [0.1, 0.15) is 0 Å². The lowest BCUT2D eigenvalue weighted by atomic mass is 9.78. The number of nitrogens with one attached hydrogen (secondary N) is 1. The zero-order valence-corrected chi connectivity index (χ0v) is 9.05. The third-order valence-corrected chi connectivity index (χ3v) is 4.03. The minimum atomic E-state index is 0.854. The summed E-state index contributed by atoms with van der Waals surface area (Å²) in [6, 6.07) is 0.854. The van der Waals surface area contributed by atoms with E-state index in [0.29, 0.717) is 0 Å². The second-order valence-electron chi connectivity index (χ2n) is 5.17. The molecule has 2 aliphatic carbocycles. The molecule has 2 rings (SSSR count). The molecule has 1 N–H and O–H groups in total. The Hall–Kier alpha value is -0.0400. The van der Waals surface area contributed by atoms with Crippen LogP contribution in [0, 0.1) is 17.8 Å². The lowest BCUT2D eigenvalue weighted by Gasteiger charge is -2.32. The number of hydrogen-bond acceptors (Lipinski definition) is 1. The molecule has 0 spiro atoms. The Morgan fingerprint density at radius 2 is 1.38 bits per heavy atom. The zero-order chi connectivity index (χ0) is 9.26. The van der Waals surface area contributed by atoms with Gasteiger partial charge in [-0.05, 0) is 50.5 Å². The standard InChI is InChI=1S/C12H23N/c1-9-3-5-10(6-4-9)12(13-2)11-7-8-11/h9-13H,3-8H2,1-2H3. The molecular weight excluding hydrogens is 158 g/mol. The van der Waals surface area contributed by atoms with Crippen molar-refractivity contribution < 1.29 is 0 Å². The average molecular weight is 181 g/mol. The van der Waals surface area contributed by atoms with Gasteiger partial charge < -0.3 is 5.32 Å². The van der Waals surface area contributed by atoms with E-state index >= 15 is 0 Å². The number of hydrogen-bond donors (Lipinski definition) is 1. The second-order valence-corrected chi connectivity index (χ2v) is 5.17. The first-order valence-electron chi connectivity index (χ1n) is 5.98. The van der Waals surface area contributed by atoms with Crippen molar-refractivity contribution in [2.75, 3.05) is 7.05 Å². The SMILES string of the molecule is CNC(C1CCC(C)CC1)C1CC1. The van der Waals surface area contributed by atoms with Crippen LogP contribution in [0.1, 0.15) is 45.4 Å². The summed E-state index contributed by atoms with van der Waals surface area (Å²) in [5, 5.41) is 3.55. The van der Waals surface area contributed by atoms with Crippen LogP contribution in [0.4, 0.5) is 0 Å². The van der Waals surface area contributed by atoms with Gasteiger partial charge in [-0.1, -0.05) is 19.8 Å². The topological polar surface area (TPSA) is 12.0 Å². The van der Waals surface area contributed by atoms with E-state index in [0.717, 1.165) is 23.8 Å². The molecule has 0 bridgehead atoms. The van der Waals surface area contributed by atoms with Crippen LogP contribution >= 0.6 is 0 Å². The molecule has 1 nitrogen and oxygen atoms in total. The fraction of sp³-hybridized carbons (Fsp3) is 1.00. The van der Waals surface area contributed by atoms with Gasteiger partial charge >= 0.3 is 0 Å². The largest absolute Gasteiger partial charge is 0.316 e. The van der Waals surface area contributed by atoms with E-state index in [9.17, 15) is 0 Å². The van der Waals surface area contributed by atoms with Crippen molar-refractivity contribution in [1.29, 1.82) is 0 Å². The van der Waals surface area contributed by atoms with Crippen LogP contribution < -0.4 is 5.32 Å². The Kier molecular flexibility index (Phi) is 2.92. The van der Waals surface area contributed by atoms with Crippen LogP contribution in [0.2, 0.25) is 0 Å². The van der Waals surface area contributed by atoms with Gasteiger partial charge in [-0.3, -0.25) is 0 Å². The Balaban J connectivity index is 1.84. The van der Waals surface area contributed by atoms with E-state index in [1.54, 1.807) is 0 Å². The molecule has 0 aromatic carbocycles. The highest BCUT2D eigenvalue weighted by atomic mass is 14.9. The third-order valence-electron chi connectivity index (χ3n) is 4.03. The molecule has 0 aliphatic heterocycles. The Labute approximate surface area is 82.3 Å². The van der Waals surface area contributed by atoms with E-state index < -0.39 is 0 Å². The predicted molar refractivity (Wildman–Crippen MR) is 56.7 cm³/mol. The van der Waals surface area contributed by atoms with E-state index in [2.05, 4.69) is 19.3 Å². The molecule has 2 aliphatic rings. The van der Waals surface area contributed by atoms with Gasteiger partial charge in [-0.2, -0.15) is 0 Å². The van der Waals surface area contributed by atoms with Gasteiger partial charge in [0, 0.05) is 6.04 Å². The molecule has 0 radical (unpaired) electrons. The summed E-state index contributed by atoms with van der Waals surface area (Å²) in [5.41, 5.74) is 0. The van der Waals surface area contributed by atoms with Crippen LogP contribution in [-0.4, -0.2) is 13.1 Å². The van der Waals surface area contributed by atoms with Crippen molar-refractivity contribution in [3.05, 3.63) is 0 Å². The summed E-state index contributed by atoms with van der Waals surface area (Å²) < 4.78 is 0. The number of rotatable bonds is 3. The molecule has 1 heteroatoms. The van der Waals surface area contributed by atoms with Crippen LogP contribution in [0.3, 0.4) is 0 Å². The van der Waals surface area contributed by atoms with Crippen molar-refractivity contribution in [2.24, 2.45) is 17.8 Å². The molecule has 2 saturated carbocycles. The maximum atomic E-state index is 3.55. The fourth-order valence-electron chi connectivity index (χ4n) is 2.96. The van der Waals surface area contributed by atoms with Gasteiger partial charge in [0.15, 0.2) is 0 Å². The second kappa shape index (κ2) is 4.00. The predicted octanol–water partition coefficient (Wildman–Crippen LogP) is 2.81. The minimum absolute atomic E-state index is 0.854. The maximum absolute atomic E-state index is 3.55. The van der Waals surface area contributed by atoms with Crippen molar-refractivity contribution in [2.45, 2.75) is 51.5 Å². The fourth-order valence-corrected chi connectivity index (χ4v) is 2.96. The molecule has 0 heterocycles. The molecule has 0 aromatic heterocycles. The van der Waals surface area contributed by atoms with Gasteiger partial charge in [0.25, 0.3) is 0 Å². The summed E-state index contributed by atoms with van der Waals surface area (Å²) in [7, 11) is 2.15. The first-order chi connectivity index (χ1) is 6.31. The minimum Gasteiger partial charge on any atom is -0.316 e. The zero-order valence-electron chi connectivity index (χ0n) is 9.05. The molecule has 1 unspecified atom stereocenters. The molecule has 13 heavy (non-hydrogen) atoms. The van der Waals surface area contributed by atoms with Gasteiger partial charge in [0.2, 0.25) is 0 Å². The van der Waals surface area contributed by atoms with E-state index in [1.165, 1.54) is 38.5 Å². The summed E-state index contributed by atoms with van der Waals surface area (Å²) >= 11 is 0. The molecule has 0 saturated heterocycles. The smallest absolute Gasteiger partial charge is 0.0121 e. The first kappa shape index (κ1) is 9.51. The summed E-state index contributed by atoms with van der Waals surface area (Å²) in [6.07, 6.45) is 8.85. The monoisotopic (exact) mass is 181 g/mol. The van der Waals surface area contributed by atoms with Gasteiger partial charge in [-0.15, -0.1) is 0 Å². The summed E-state index contributed by atoms with van der Waals surface area (Å²) in [6.45, 7) is 2.40. The lowest BCUT2D eigenvalue weighted by molar-refractivity contribution is 0.221. The van der Waals surface area contributed by atoms with Crippen LogP contribution in [-0.2, 0) is 0 Å². The maximum Gasteiger partial charge on any atom is 0.0121 e. The van der Waals surface area contributed by atoms with Crippen molar-refractivity contribution in [1.82, 2.24) is 5.32 Å². The van der Waals surface area contributed by atoms with Crippen molar-refractivity contribution in [3.8, 4) is 0 Å². The van der Waals surface area contributed by atoms with E-state index in [-0.39, 0.29) is 0 Å². The first-order valence-corrected chi connectivity index (χ1v) is 5.98. The third kappa shape index (κ3) is 2.25. The van der Waals surface area contributed by atoms with E-state index in [1.807, 2.05) is 0 Å². The highest BCUT2D eigenvalue weighted by Gasteiger charge is 2.36. The Bertz CT molecular complexity index is 155. The Morgan fingerprint density at radius 1 is 0.923 bits per heavy atom.